The molecule has 0 saturated heterocycles. The molecule has 2 aromatic heterocycles. The molecule has 5 heteroatoms. The third-order valence-corrected chi connectivity index (χ3v) is 6.72. The van der Waals surface area contributed by atoms with Crippen molar-refractivity contribution < 1.29 is 4.79 Å². The largest absolute Gasteiger partial charge is 0.387 e. The van der Waals surface area contributed by atoms with E-state index in [4.69, 9.17) is 0 Å². The van der Waals surface area contributed by atoms with Gasteiger partial charge in [0.05, 0.1) is 0 Å². The summed E-state index contributed by atoms with van der Waals surface area (Å²) in [6, 6.07) is 4.08. The van der Waals surface area contributed by atoms with Gasteiger partial charge in [-0.3, -0.25) is 4.79 Å². The monoisotopic (exact) mass is 326 g/mol. The molecule has 2 aromatic rings. The van der Waals surface area contributed by atoms with Gasteiger partial charge in [0.15, 0.2) is 0 Å². The second-order valence-corrected chi connectivity index (χ2v) is 8.09. The number of aromatic nitrogens is 2. The van der Waals surface area contributed by atoms with E-state index in [9.17, 15) is 4.79 Å². The van der Waals surface area contributed by atoms with Crippen molar-refractivity contribution >= 4 is 22.6 Å². The van der Waals surface area contributed by atoms with E-state index in [2.05, 4.69) is 41.4 Å². The number of hydrogen-bond acceptors (Lipinski definition) is 3. The third-order valence-electron chi connectivity index (χ3n) is 6.72. The van der Waals surface area contributed by atoms with Gasteiger partial charge in [-0.2, -0.15) is 0 Å². The van der Waals surface area contributed by atoms with Gasteiger partial charge in [0, 0.05) is 30.4 Å². The number of carbonyl (C=O) groups is 1. The van der Waals surface area contributed by atoms with Crippen LogP contribution in [0.2, 0.25) is 0 Å². The van der Waals surface area contributed by atoms with Gasteiger partial charge in [0.25, 0.3) is 5.91 Å². The van der Waals surface area contributed by atoms with Crippen molar-refractivity contribution in [2.75, 3.05) is 12.4 Å². The van der Waals surface area contributed by atoms with E-state index >= 15 is 0 Å². The number of carbonyl (C=O) groups excluding carboxylic acids is 1. The van der Waals surface area contributed by atoms with Crippen LogP contribution in [0.25, 0.3) is 11.0 Å². The highest BCUT2D eigenvalue weighted by atomic mass is 16.1. The lowest BCUT2D eigenvalue weighted by atomic mass is 9.45. The standard InChI is InChI=1S/C19H26N4O/c1-10-13-7-11(19(13,2)3)8-15(10)23-18(24)16-9-12-14(20-4)5-6-21-17(12)22-16/h5-6,9-11,13,15H,7-8H2,1-4H3,(H,23,24)(H2,20,21,22)/t10-,11+,13-,15?/m0/s1. The fraction of sp³-hybridized carbons (Fsp3) is 0.579. The van der Waals surface area contributed by atoms with Crippen molar-refractivity contribution in [1.82, 2.24) is 15.3 Å². The summed E-state index contributed by atoms with van der Waals surface area (Å²) in [5, 5.41) is 7.35. The Kier molecular flexibility index (Phi) is 3.37. The second kappa shape index (κ2) is 5.23. The van der Waals surface area contributed by atoms with Gasteiger partial charge in [0.1, 0.15) is 11.3 Å². The Labute approximate surface area is 142 Å². The second-order valence-electron chi connectivity index (χ2n) is 8.09. The van der Waals surface area contributed by atoms with E-state index in [0.29, 0.717) is 17.0 Å². The highest BCUT2D eigenvalue weighted by Gasteiger charge is 2.56. The molecule has 3 fully saturated rings. The Morgan fingerprint density at radius 3 is 2.83 bits per heavy atom. The molecule has 4 atom stereocenters. The van der Waals surface area contributed by atoms with Gasteiger partial charge < -0.3 is 15.6 Å². The maximum absolute atomic E-state index is 12.7. The lowest BCUT2D eigenvalue weighted by Gasteiger charge is -2.62. The van der Waals surface area contributed by atoms with Gasteiger partial charge in [-0.05, 0) is 48.1 Å². The van der Waals surface area contributed by atoms with E-state index in [0.717, 1.165) is 35.0 Å². The first-order valence-corrected chi connectivity index (χ1v) is 8.88. The number of H-pyrrole nitrogens is 1. The smallest absolute Gasteiger partial charge is 0.268 e. The van der Waals surface area contributed by atoms with Crippen molar-refractivity contribution in [3.8, 4) is 0 Å². The normalized spacial score (nSPS) is 30.7. The summed E-state index contributed by atoms with van der Waals surface area (Å²) in [4.78, 5) is 20.2. The van der Waals surface area contributed by atoms with Crippen LogP contribution in [0, 0.1) is 23.2 Å². The molecule has 3 aliphatic carbocycles. The Hall–Kier alpha value is -2.04. The lowest BCUT2D eigenvalue weighted by molar-refractivity contribution is -0.113. The van der Waals surface area contributed by atoms with Crippen LogP contribution in [0.15, 0.2) is 18.3 Å². The predicted octanol–water partition coefficient (Wildman–Crippen LogP) is 3.41. The number of pyridine rings is 1. The quantitative estimate of drug-likeness (QED) is 0.809. The Bertz CT molecular complexity index is 794. The molecule has 0 aromatic carbocycles. The molecule has 0 aliphatic heterocycles. The highest BCUT2D eigenvalue weighted by molar-refractivity contribution is 6.00. The molecule has 2 heterocycles. The van der Waals surface area contributed by atoms with Gasteiger partial charge >= 0.3 is 0 Å². The zero-order chi connectivity index (χ0) is 17.1. The molecule has 5 rings (SSSR count). The number of nitrogens with one attached hydrogen (secondary N) is 3. The van der Waals surface area contributed by atoms with E-state index in [1.165, 1.54) is 6.42 Å². The summed E-state index contributed by atoms with van der Waals surface area (Å²) >= 11 is 0. The minimum Gasteiger partial charge on any atom is -0.387 e. The predicted molar refractivity (Wildman–Crippen MR) is 96.1 cm³/mol. The molecule has 128 valence electrons. The molecule has 1 amide bonds. The van der Waals surface area contributed by atoms with Crippen LogP contribution < -0.4 is 10.6 Å². The average Bonchev–Trinajstić information content (AvgIpc) is 3.00. The Morgan fingerprint density at radius 2 is 2.17 bits per heavy atom. The number of aromatic amines is 1. The summed E-state index contributed by atoms with van der Waals surface area (Å²) < 4.78 is 0. The van der Waals surface area contributed by atoms with Crippen LogP contribution in [0.4, 0.5) is 5.69 Å². The summed E-state index contributed by atoms with van der Waals surface area (Å²) in [5.41, 5.74) is 2.75. The van der Waals surface area contributed by atoms with Crippen LogP contribution in [-0.4, -0.2) is 29.0 Å². The molecule has 3 aliphatic rings. The summed E-state index contributed by atoms with van der Waals surface area (Å²) in [6.45, 7) is 7.05. The fourth-order valence-corrected chi connectivity index (χ4v) is 4.95. The zero-order valence-corrected chi connectivity index (χ0v) is 14.8. The van der Waals surface area contributed by atoms with Gasteiger partial charge in [-0.15, -0.1) is 0 Å². The van der Waals surface area contributed by atoms with Crippen molar-refractivity contribution in [3.63, 3.8) is 0 Å². The fourth-order valence-electron chi connectivity index (χ4n) is 4.95. The molecule has 5 nitrogen and oxygen atoms in total. The van der Waals surface area contributed by atoms with E-state index in [1.807, 2.05) is 19.2 Å². The first-order chi connectivity index (χ1) is 11.4. The molecular formula is C19H26N4O. The number of anilines is 1. The first kappa shape index (κ1) is 15.5. The van der Waals surface area contributed by atoms with Crippen molar-refractivity contribution in [2.24, 2.45) is 23.2 Å². The van der Waals surface area contributed by atoms with E-state index in [1.54, 1.807) is 6.20 Å². The molecule has 0 spiro atoms. The van der Waals surface area contributed by atoms with Crippen LogP contribution in [0.5, 0.6) is 0 Å². The zero-order valence-electron chi connectivity index (χ0n) is 14.8. The number of amides is 1. The van der Waals surface area contributed by atoms with Crippen LogP contribution in [0.3, 0.4) is 0 Å². The number of fused-ring (bicyclic) bond motifs is 3. The number of hydrogen-bond donors (Lipinski definition) is 3. The molecule has 0 radical (unpaired) electrons. The van der Waals surface area contributed by atoms with Gasteiger partial charge in [-0.25, -0.2) is 4.98 Å². The SMILES string of the molecule is CNc1ccnc2[nH]c(C(=O)NC3C[C@H]4C[C@@H]([C@@H]3C)C4(C)C)cc12. The topological polar surface area (TPSA) is 69.8 Å². The molecule has 24 heavy (non-hydrogen) atoms. The van der Waals surface area contributed by atoms with Crippen molar-refractivity contribution in [2.45, 2.75) is 39.7 Å². The van der Waals surface area contributed by atoms with Gasteiger partial charge in [0.2, 0.25) is 0 Å². The maximum atomic E-state index is 12.7. The molecule has 2 bridgehead atoms. The molecule has 3 N–H and O–H groups in total. The Morgan fingerprint density at radius 1 is 1.38 bits per heavy atom. The molecular weight excluding hydrogens is 300 g/mol. The maximum Gasteiger partial charge on any atom is 0.268 e. The van der Waals surface area contributed by atoms with Crippen LogP contribution >= 0.6 is 0 Å². The summed E-state index contributed by atoms with van der Waals surface area (Å²) in [5.74, 6) is 1.97. The number of rotatable bonds is 3. The average molecular weight is 326 g/mol. The number of nitrogens with zero attached hydrogens (tertiary/aromatic N) is 1. The lowest BCUT2D eigenvalue weighted by Crippen LogP contribution is -2.60. The summed E-state index contributed by atoms with van der Waals surface area (Å²) in [7, 11) is 1.87. The van der Waals surface area contributed by atoms with Crippen LogP contribution in [-0.2, 0) is 0 Å². The Balaban J connectivity index is 1.53. The van der Waals surface area contributed by atoms with Crippen molar-refractivity contribution in [1.29, 1.82) is 0 Å². The van der Waals surface area contributed by atoms with E-state index < -0.39 is 0 Å². The van der Waals surface area contributed by atoms with Gasteiger partial charge in [-0.1, -0.05) is 20.8 Å². The summed E-state index contributed by atoms with van der Waals surface area (Å²) in [6.07, 6.45) is 4.16. The highest BCUT2D eigenvalue weighted by Crippen LogP contribution is 2.61. The molecule has 1 unspecified atom stereocenters. The minimum absolute atomic E-state index is 0.0222. The first-order valence-electron chi connectivity index (χ1n) is 8.88. The molecule has 3 saturated carbocycles. The third kappa shape index (κ3) is 2.14. The minimum atomic E-state index is -0.0222. The van der Waals surface area contributed by atoms with Crippen molar-refractivity contribution in [3.05, 3.63) is 24.0 Å². The van der Waals surface area contributed by atoms with E-state index in [-0.39, 0.29) is 11.9 Å². The van der Waals surface area contributed by atoms with Crippen LogP contribution in [0.1, 0.15) is 44.1 Å².